The van der Waals surface area contributed by atoms with Crippen molar-refractivity contribution in [2.24, 2.45) is 12.0 Å². The fourth-order valence-corrected chi connectivity index (χ4v) is 2.67. The number of hydrogen-bond donors (Lipinski definition) is 2. The molecule has 28 heavy (non-hydrogen) atoms. The summed E-state index contributed by atoms with van der Waals surface area (Å²) in [7, 11) is 5.79. The van der Waals surface area contributed by atoms with Gasteiger partial charge in [-0.3, -0.25) is 0 Å². The Morgan fingerprint density at radius 2 is 1.86 bits per heavy atom. The topological polar surface area (TPSA) is 79.6 Å². The molecule has 0 aliphatic rings. The van der Waals surface area contributed by atoms with Crippen molar-refractivity contribution in [1.82, 2.24) is 25.4 Å². The zero-order valence-corrected chi connectivity index (χ0v) is 17.5. The molecule has 1 heterocycles. The lowest BCUT2D eigenvalue weighted by atomic mass is 10.3. The van der Waals surface area contributed by atoms with Gasteiger partial charge in [0.2, 0.25) is 0 Å². The summed E-state index contributed by atoms with van der Waals surface area (Å²) < 4.78 is 7.07. The Labute approximate surface area is 168 Å². The van der Waals surface area contributed by atoms with Gasteiger partial charge in [0.05, 0.1) is 0 Å². The van der Waals surface area contributed by atoms with E-state index in [1.54, 1.807) is 7.11 Å². The summed E-state index contributed by atoms with van der Waals surface area (Å²) in [5.74, 6) is 2.52. The van der Waals surface area contributed by atoms with Gasteiger partial charge in [-0.25, -0.2) is 4.99 Å². The van der Waals surface area contributed by atoms with E-state index in [0.717, 1.165) is 56.7 Å². The van der Waals surface area contributed by atoms with Crippen molar-refractivity contribution in [3.05, 3.63) is 42.0 Å². The van der Waals surface area contributed by atoms with Crippen LogP contribution in [0.2, 0.25) is 0 Å². The number of methoxy groups -OCH3 is 1. The Kier molecular flexibility index (Phi) is 9.27. The number of aliphatic imine (C=N–C) groups is 1. The van der Waals surface area contributed by atoms with Gasteiger partial charge in [-0.05, 0) is 31.9 Å². The van der Waals surface area contributed by atoms with Gasteiger partial charge in [0.25, 0.3) is 0 Å². The minimum absolute atomic E-state index is 0.487. The van der Waals surface area contributed by atoms with Gasteiger partial charge in [0.1, 0.15) is 12.4 Å². The van der Waals surface area contributed by atoms with E-state index in [1.807, 2.05) is 24.6 Å². The molecule has 0 fully saturated rings. The highest BCUT2D eigenvalue weighted by Crippen LogP contribution is 2.10. The SMILES string of the molecule is COCCCNC(=NCc1nnc(C)n1C)NCCCN(C)c1ccccc1. The van der Waals surface area contributed by atoms with Crippen LogP contribution >= 0.6 is 0 Å². The Hall–Kier alpha value is -2.61. The van der Waals surface area contributed by atoms with Gasteiger partial charge in [0, 0.05) is 53.1 Å². The van der Waals surface area contributed by atoms with Crippen molar-refractivity contribution in [3.63, 3.8) is 0 Å². The number of aryl methyl sites for hydroxylation is 1. The lowest BCUT2D eigenvalue weighted by Gasteiger charge is -2.19. The lowest BCUT2D eigenvalue weighted by Crippen LogP contribution is -2.39. The maximum Gasteiger partial charge on any atom is 0.191 e. The standard InChI is InChI=1S/C20H33N7O/c1-17-24-25-19(27(17)3)16-23-20(22-13-9-15-28-4)21-12-8-14-26(2)18-10-6-5-7-11-18/h5-7,10-11H,8-9,12-16H2,1-4H3,(H2,21,22,23). The van der Waals surface area contributed by atoms with Crippen LogP contribution in [-0.2, 0) is 18.3 Å². The molecule has 1 aromatic heterocycles. The Balaban J connectivity index is 1.82. The van der Waals surface area contributed by atoms with E-state index in [9.17, 15) is 0 Å². The Morgan fingerprint density at radius 1 is 1.14 bits per heavy atom. The number of rotatable bonds is 11. The van der Waals surface area contributed by atoms with Gasteiger partial charge >= 0.3 is 0 Å². The summed E-state index contributed by atoms with van der Waals surface area (Å²) in [6, 6.07) is 10.4. The van der Waals surface area contributed by atoms with E-state index in [1.165, 1.54) is 5.69 Å². The normalized spacial score (nSPS) is 11.5. The first-order chi connectivity index (χ1) is 13.6. The summed E-state index contributed by atoms with van der Waals surface area (Å²) >= 11 is 0. The maximum atomic E-state index is 5.11. The lowest BCUT2D eigenvalue weighted by molar-refractivity contribution is 0.195. The quantitative estimate of drug-likeness (QED) is 0.347. The summed E-state index contributed by atoms with van der Waals surface area (Å²) in [5, 5.41) is 15.0. The van der Waals surface area contributed by atoms with E-state index in [-0.39, 0.29) is 0 Å². The second-order valence-electron chi connectivity index (χ2n) is 6.70. The molecule has 0 radical (unpaired) electrons. The first-order valence-electron chi connectivity index (χ1n) is 9.74. The van der Waals surface area contributed by atoms with Crippen LogP contribution in [-0.4, -0.2) is 61.1 Å². The zero-order chi connectivity index (χ0) is 20.2. The number of para-hydroxylation sites is 1. The smallest absolute Gasteiger partial charge is 0.191 e. The first kappa shape index (κ1) is 21.7. The molecule has 0 unspecified atom stereocenters. The highest BCUT2D eigenvalue weighted by molar-refractivity contribution is 5.79. The average Bonchev–Trinajstić information content (AvgIpc) is 3.04. The summed E-state index contributed by atoms with van der Waals surface area (Å²) in [4.78, 5) is 6.91. The maximum absolute atomic E-state index is 5.11. The minimum atomic E-state index is 0.487. The highest BCUT2D eigenvalue weighted by atomic mass is 16.5. The van der Waals surface area contributed by atoms with Crippen molar-refractivity contribution in [3.8, 4) is 0 Å². The second kappa shape index (κ2) is 12.0. The van der Waals surface area contributed by atoms with E-state index in [0.29, 0.717) is 6.54 Å². The molecule has 0 aliphatic carbocycles. The molecule has 0 bridgehead atoms. The minimum Gasteiger partial charge on any atom is -0.385 e. The molecule has 2 N–H and O–H groups in total. The number of benzene rings is 1. The third-order valence-corrected chi connectivity index (χ3v) is 4.54. The summed E-state index contributed by atoms with van der Waals surface area (Å²) in [5.41, 5.74) is 1.23. The van der Waals surface area contributed by atoms with E-state index >= 15 is 0 Å². The molecule has 154 valence electrons. The predicted octanol–water partition coefficient (Wildman–Crippen LogP) is 1.72. The third-order valence-electron chi connectivity index (χ3n) is 4.54. The molecule has 2 rings (SSSR count). The number of ether oxygens (including phenoxy) is 1. The van der Waals surface area contributed by atoms with E-state index in [4.69, 9.17) is 4.74 Å². The van der Waals surface area contributed by atoms with Gasteiger partial charge in [-0.2, -0.15) is 0 Å². The fourth-order valence-electron chi connectivity index (χ4n) is 2.67. The van der Waals surface area contributed by atoms with Crippen LogP contribution in [0, 0.1) is 6.92 Å². The molecule has 0 amide bonds. The largest absolute Gasteiger partial charge is 0.385 e. The average molecular weight is 388 g/mol. The Bertz CT molecular complexity index is 715. The predicted molar refractivity (Wildman–Crippen MR) is 114 cm³/mol. The van der Waals surface area contributed by atoms with Gasteiger partial charge < -0.3 is 24.8 Å². The number of anilines is 1. The number of hydrogen-bond acceptors (Lipinski definition) is 5. The number of nitrogens with one attached hydrogen (secondary N) is 2. The number of nitrogens with zero attached hydrogens (tertiary/aromatic N) is 5. The molecular formula is C20H33N7O. The molecule has 0 atom stereocenters. The highest BCUT2D eigenvalue weighted by Gasteiger charge is 2.05. The molecule has 0 aliphatic heterocycles. The van der Waals surface area contributed by atoms with Crippen LogP contribution in [0.4, 0.5) is 5.69 Å². The van der Waals surface area contributed by atoms with Crippen molar-refractivity contribution in [2.75, 3.05) is 45.3 Å². The summed E-state index contributed by atoms with van der Waals surface area (Å²) in [6.07, 6.45) is 1.93. The molecule has 8 heteroatoms. The van der Waals surface area contributed by atoms with Crippen LogP contribution < -0.4 is 15.5 Å². The molecule has 2 aromatic rings. The molecule has 8 nitrogen and oxygen atoms in total. The number of aromatic nitrogens is 3. The van der Waals surface area contributed by atoms with Crippen molar-refractivity contribution >= 4 is 11.6 Å². The monoisotopic (exact) mass is 387 g/mol. The van der Waals surface area contributed by atoms with Crippen molar-refractivity contribution in [2.45, 2.75) is 26.3 Å². The van der Waals surface area contributed by atoms with Crippen molar-refractivity contribution in [1.29, 1.82) is 0 Å². The zero-order valence-electron chi connectivity index (χ0n) is 17.5. The molecule has 1 aromatic carbocycles. The molecule has 0 spiro atoms. The molecular weight excluding hydrogens is 354 g/mol. The van der Waals surface area contributed by atoms with E-state index in [2.05, 4.69) is 62.0 Å². The van der Waals surface area contributed by atoms with Gasteiger partial charge in [0.15, 0.2) is 11.8 Å². The van der Waals surface area contributed by atoms with E-state index < -0.39 is 0 Å². The van der Waals surface area contributed by atoms with Crippen LogP contribution in [0.3, 0.4) is 0 Å². The van der Waals surface area contributed by atoms with Gasteiger partial charge in [-0.1, -0.05) is 18.2 Å². The summed E-state index contributed by atoms with van der Waals surface area (Å²) in [6.45, 7) is 5.76. The first-order valence-corrected chi connectivity index (χ1v) is 9.74. The van der Waals surface area contributed by atoms with Crippen LogP contribution in [0.1, 0.15) is 24.5 Å². The molecule has 0 saturated heterocycles. The van der Waals surface area contributed by atoms with Crippen LogP contribution in [0.15, 0.2) is 35.3 Å². The van der Waals surface area contributed by atoms with Crippen LogP contribution in [0.25, 0.3) is 0 Å². The van der Waals surface area contributed by atoms with Crippen molar-refractivity contribution < 1.29 is 4.74 Å². The fraction of sp³-hybridized carbons (Fsp3) is 0.550. The molecule has 0 saturated carbocycles. The Morgan fingerprint density at radius 3 is 2.50 bits per heavy atom. The van der Waals surface area contributed by atoms with Crippen LogP contribution in [0.5, 0.6) is 0 Å². The van der Waals surface area contributed by atoms with Gasteiger partial charge in [-0.15, -0.1) is 10.2 Å². The third kappa shape index (κ3) is 7.19. The number of guanidine groups is 1. The second-order valence-corrected chi connectivity index (χ2v) is 6.70.